The van der Waals surface area contributed by atoms with Gasteiger partial charge >= 0.3 is 0 Å². The predicted molar refractivity (Wildman–Crippen MR) is 129 cm³/mol. The van der Waals surface area contributed by atoms with Crippen molar-refractivity contribution in [3.05, 3.63) is 82.5 Å². The molecule has 32 heavy (non-hydrogen) atoms. The zero-order chi connectivity index (χ0) is 22.9. The topological polar surface area (TPSA) is 91.4 Å². The van der Waals surface area contributed by atoms with E-state index >= 15 is 0 Å². The van der Waals surface area contributed by atoms with Gasteiger partial charge in [0.1, 0.15) is 4.32 Å². The fourth-order valence-corrected chi connectivity index (χ4v) is 4.27. The molecule has 1 aliphatic heterocycles. The number of hydrogen-bond acceptors (Lipinski definition) is 6. The largest absolute Gasteiger partial charge is 0.293 e. The Morgan fingerprint density at radius 1 is 1.16 bits per heavy atom. The van der Waals surface area contributed by atoms with Crippen LogP contribution in [0, 0.1) is 0 Å². The van der Waals surface area contributed by atoms with Crippen LogP contribution in [0.1, 0.15) is 35.7 Å². The van der Waals surface area contributed by atoms with E-state index in [1.807, 2.05) is 49.4 Å². The van der Waals surface area contributed by atoms with Crippen molar-refractivity contribution in [2.75, 3.05) is 6.54 Å². The third-order valence-corrected chi connectivity index (χ3v) is 5.83. The number of hydrazine groups is 1. The van der Waals surface area contributed by atoms with Gasteiger partial charge in [-0.15, -0.1) is 0 Å². The van der Waals surface area contributed by atoms with Gasteiger partial charge in [0.25, 0.3) is 11.8 Å². The van der Waals surface area contributed by atoms with Gasteiger partial charge in [-0.2, -0.15) is 0 Å². The van der Waals surface area contributed by atoms with Crippen molar-refractivity contribution in [2.45, 2.75) is 19.8 Å². The highest BCUT2D eigenvalue weighted by molar-refractivity contribution is 8.26. The Morgan fingerprint density at radius 2 is 1.94 bits per heavy atom. The van der Waals surface area contributed by atoms with E-state index in [0.29, 0.717) is 27.8 Å². The average Bonchev–Trinajstić information content (AvgIpc) is 3.05. The lowest BCUT2D eigenvalue weighted by Gasteiger charge is -2.14. The summed E-state index contributed by atoms with van der Waals surface area (Å²) in [6.45, 7) is 2.26. The Hall–Kier alpha value is -3.30. The van der Waals surface area contributed by atoms with Gasteiger partial charge in [0.2, 0.25) is 5.91 Å². The number of thiocarbonyl (C=S) groups is 1. The van der Waals surface area contributed by atoms with Crippen molar-refractivity contribution in [3.8, 4) is 0 Å². The zero-order valence-corrected chi connectivity index (χ0v) is 19.0. The number of aromatic nitrogens is 1. The number of rotatable bonds is 7. The molecule has 1 aromatic carbocycles. The van der Waals surface area contributed by atoms with E-state index in [1.165, 1.54) is 22.9 Å². The van der Waals surface area contributed by atoms with Crippen LogP contribution in [-0.2, 0) is 9.59 Å². The summed E-state index contributed by atoms with van der Waals surface area (Å²) in [7, 11) is 0. The molecule has 0 atom stereocenters. The van der Waals surface area contributed by atoms with Crippen molar-refractivity contribution in [1.29, 1.82) is 0 Å². The Bertz CT molecular complexity index is 1070. The van der Waals surface area contributed by atoms with Crippen molar-refractivity contribution in [2.24, 2.45) is 0 Å². The number of thioether (sulfide) groups is 1. The number of pyridine rings is 1. The zero-order valence-electron chi connectivity index (χ0n) is 17.4. The smallest absolute Gasteiger partial charge is 0.271 e. The maximum Gasteiger partial charge on any atom is 0.271 e. The number of carbonyl (C=O) groups is 3. The van der Waals surface area contributed by atoms with Crippen LogP contribution in [-0.4, -0.2) is 38.5 Å². The van der Waals surface area contributed by atoms with Gasteiger partial charge in [0.05, 0.1) is 10.5 Å². The highest BCUT2D eigenvalue weighted by Crippen LogP contribution is 2.32. The number of carbonyl (C=O) groups excluding carboxylic acids is 3. The monoisotopic (exact) mass is 466 g/mol. The molecule has 3 amide bonds. The molecule has 1 saturated heterocycles. The molecule has 9 heteroatoms. The highest BCUT2D eigenvalue weighted by atomic mass is 32.2. The van der Waals surface area contributed by atoms with Gasteiger partial charge in [-0.3, -0.25) is 35.1 Å². The average molecular weight is 467 g/mol. The molecule has 1 aromatic heterocycles. The van der Waals surface area contributed by atoms with Gasteiger partial charge < -0.3 is 0 Å². The number of benzene rings is 1. The minimum Gasteiger partial charge on any atom is -0.293 e. The second-order valence-corrected chi connectivity index (χ2v) is 8.66. The Balaban J connectivity index is 1.46. The first-order valence-electron chi connectivity index (χ1n) is 9.92. The summed E-state index contributed by atoms with van der Waals surface area (Å²) in [5.74, 6) is -0.969. The number of nitrogens with one attached hydrogen (secondary N) is 2. The predicted octanol–water partition coefficient (Wildman–Crippen LogP) is 3.47. The fourth-order valence-electron chi connectivity index (χ4n) is 2.91. The van der Waals surface area contributed by atoms with Crippen molar-refractivity contribution in [1.82, 2.24) is 20.7 Å². The summed E-state index contributed by atoms with van der Waals surface area (Å²) < 4.78 is 0.471. The fraction of sp³-hybridized carbons (Fsp3) is 0.174. The van der Waals surface area contributed by atoms with Crippen LogP contribution in [0.4, 0.5) is 0 Å². The minimum atomic E-state index is -0.451. The maximum atomic E-state index is 12.7. The van der Waals surface area contributed by atoms with Crippen LogP contribution in [0.2, 0.25) is 0 Å². The van der Waals surface area contributed by atoms with E-state index in [9.17, 15) is 14.4 Å². The Kier molecular flexibility index (Phi) is 8.29. The van der Waals surface area contributed by atoms with E-state index in [2.05, 4.69) is 15.8 Å². The maximum absolute atomic E-state index is 12.7. The molecule has 0 aliphatic carbocycles. The van der Waals surface area contributed by atoms with Crippen LogP contribution < -0.4 is 10.9 Å². The van der Waals surface area contributed by atoms with E-state index in [4.69, 9.17) is 12.2 Å². The number of nitrogens with zero attached hydrogens (tertiary/aromatic N) is 2. The normalized spacial score (nSPS) is 15.2. The molecule has 7 nitrogen and oxygen atoms in total. The second kappa shape index (κ2) is 11.4. The second-order valence-electron chi connectivity index (χ2n) is 6.98. The number of allylic oxidation sites excluding steroid dienone is 2. The summed E-state index contributed by atoms with van der Waals surface area (Å²) in [6, 6.07) is 13.1. The molecule has 164 valence electrons. The van der Waals surface area contributed by atoms with Gasteiger partial charge in [-0.05, 0) is 42.7 Å². The minimum absolute atomic E-state index is 0.135. The third kappa shape index (κ3) is 6.60. The third-order valence-electron chi connectivity index (χ3n) is 4.45. The molecule has 0 spiro atoms. The highest BCUT2D eigenvalue weighted by Gasteiger charge is 2.31. The van der Waals surface area contributed by atoms with E-state index in [0.717, 1.165) is 11.1 Å². The SMILES string of the molecule is CC(=Cc1ccccc1)C=C1SC(=S)N(CCCC(=O)NNC(=O)c2cccnc2)C1=O. The van der Waals surface area contributed by atoms with E-state index < -0.39 is 5.91 Å². The molecule has 0 saturated carbocycles. The van der Waals surface area contributed by atoms with Gasteiger partial charge in [0, 0.05) is 25.4 Å². The first-order valence-corrected chi connectivity index (χ1v) is 11.1. The Labute approximate surface area is 195 Å². The molecule has 2 aromatic rings. The van der Waals surface area contributed by atoms with Crippen molar-refractivity contribution >= 4 is 52.1 Å². The molecular weight excluding hydrogens is 444 g/mol. The lowest BCUT2D eigenvalue weighted by molar-refractivity contribution is -0.124. The van der Waals surface area contributed by atoms with Gasteiger partial charge in [-0.25, -0.2) is 0 Å². The standard InChI is InChI=1S/C23H22N4O3S2/c1-16(13-17-7-3-2-4-8-17)14-19-22(30)27(23(31)32-19)12-6-10-20(28)25-26-21(29)18-9-5-11-24-15-18/h2-5,7-9,11,13-15H,6,10,12H2,1H3,(H,25,28)(H,26,29). The quantitative estimate of drug-likeness (QED) is 0.369. The summed E-state index contributed by atoms with van der Waals surface area (Å²) >= 11 is 6.60. The van der Waals surface area contributed by atoms with Crippen LogP contribution in [0.5, 0.6) is 0 Å². The van der Waals surface area contributed by atoms with Gasteiger partial charge in [0.15, 0.2) is 0 Å². The van der Waals surface area contributed by atoms with Crippen LogP contribution in [0.15, 0.2) is 71.4 Å². The van der Waals surface area contributed by atoms with E-state index in [-0.39, 0.29) is 18.2 Å². The molecular formula is C23H22N4O3S2. The molecule has 1 fully saturated rings. The molecule has 0 bridgehead atoms. The Morgan fingerprint density at radius 3 is 2.66 bits per heavy atom. The summed E-state index contributed by atoms with van der Waals surface area (Å²) in [6.07, 6.45) is 7.33. The summed E-state index contributed by atoms with van der Waals surface area (Å²) in [5.41, 5.74) is 7.04. The van der Waals surface area contributed by atoms with Crippen molar-refractivity contribution < 1.29 is 14.4 Å². The molecule has 1 aliphatic rings. The summed E-state index contributed by atoms with van der Waals surface area (Å²) in [4.78, 5) is 42.5. The van der Waals surface area contributed by atoms with Crippen molar-refractivity contribution in [3.63, 3.8) is 0 Å². The molecule has 0 unspecified atom stereocenters. The van der Waals surface area contributed by atoms with Crippen LogP contribution >= 0.6 is 24.0 Å². The molecule has 2 N–H and O–H groups in total. The van der Waals surface area contributed by atoms with E-state index in [1.54, 1.807) is 18.3 Å². The lowest BCUT2D eigenvalue weighted by Crippen LogP contribution is -2.42. The van der Waals surface area contributed by atoms with Crippen LogP contribution in [0.25, 0.3) is 6.08 Å². The molecule has 2 heterocycles. The van der Waals surface area contributed by atoms with Crippen LogP contribution in [0.3, 0.4) is 0 Å². The first-order chi connectivity index (χ1) is 15.4. The molecule has 0 radical (unpaired) electrons. The molecule has 3 rings (SSSR count). The number of amides is 3. The first kappa shape index (κ1) is 23.4. The lowest BCUT2D eigenvalue weighted by atomic mass is 10.1. The number of hydrogen-bond donors (Lipinski definition) is 2. The summed E-state index contributed by atoms with van der Waals surface area (Å²) in [5, 5.41) is 0. The van der Waals surface area contributed by atoms with Gasteiger partial charge in [-0.1, -0.05) is 60.4 Å².